The largest absolute Gasteiger partial charge is 0.383 e. The Kier molecular flexibility index (Phi) is 3.56. The van der Waals surface area contributed by atoms with Crippen molar-refractivity contribution in [1.82, 2.24) is 10.3 Å². The summed E-state index contributed by atoms with van der Waals surface area (Å²) in [6, 6.07) is 4.08. The SMILES string of the molecule is Cc1ncccc1NCC1CCNCC1. The second-order valence-corrected chi connectivity index (χ2v) is 4.21. The maximum atomic E-state index is 4.27. The van der Waals surface area contributed by atoms with E-state index in [1.807, 2.05) is 19.2 Å². The van der Waals surface area contributed by atoms with Crippen molar-refractivity contribution in [2.45, 2.75) is 19.8 Å². The Morgan fingerprint density at radius 3 is 3.00 bits per heavy atom. The summed E-state index contributed by atoms with van der Waals surface area (Å²) in [7, 11) is 0. The number of anilines is 1. The van der Waals surface area contributed by atoms with E-state index < -0.39 is 0 Å². The summed E-state index contributed by atoms with van der Waals surface area (Å²) in [4.78, 5) is 4.27. The summed E-state index contributed by atoms with van der Waals surface area (Å²) in [5, 5.41) is 6.88. The Morgan fingerprint density at radius 1 is 1.47 bits per heavy atom. The molecule has 0 saturated carbocycles. The van der Waals surface area contributed by atoms with E-state index in [0.717, 1.165) is 18.2 Å². The molecule has 0 spiro atoms. The zero-order valence-electron chi connectivity index (χ0n) is 9.29. The summed E-state index contributed by atoms with van der Waals surface area (Å²) in [6.07, 6.45) is 4.41. The van der Waals surface area contributed by atoms with Gasteiger partial charge in [0.1, 0.15) is 0 Å². The van der Waals surface area contributed by atoms with Gasteiger partial charge in [0.05, 0.1) is 11.4 Å². The molecule has 0 unspecified atom stereocenters. The lowest BCUT2D eigenvalue weighted by Gasteiger charge is -2.23. The van der Waals surface area contributed by atoms with Crippen molar-refractivity contribution in [3.63, 3.8) is 0 Å². The normalized spacial score (nSPS) is 17.7. The van der Waals surface area contributed by atoms with Crippen molar-refractivity contribution in [2.24, 2.45) is 5.92 Å². The van der Waals surface area contributed by atoms with Gasteiger partial charge in [-0.25, -0.2) is 0 Å². The summed E-state index contributed by atoms with van der Waals surface area (Å²) < 4.78 is 0. The smallest absolute Gasteiger partial charge is 0.0603 e. The van der Waals surface area contributed by atoms with Crippen LogP contribution in [0, 0.1) is 12.8 Å². The molecule has 0 aromatic carbocycles. The molecule has 2 heterocycles. The molecule has 1 aromatic heterocycles. The molecule has 1 aliphatic heterocycles. The fourth-order valence-corrected chi connectivity index (χ4v) is 2.01. The highest BCUT2D eigenvalue weighted by Gasteiger charge is 2.12. The topological polar surface area (TPSA) is 37.0 Å². The molecule has 82 valence electrons. The summed E-state index contributed by atoms with van der Waals surface area (Å²) in [5.41, 5.74) is 2.27. The number of nitrogens with zero attached hydrogens (tertiary/aromatic N) is 1. The van der Waals surface area contributed by atoms with Crippen LogP contribution in [0.1, 0.15) is 18.5 Å². The van der Waals surface area contributed by atoms with Gasteiger partial charge in [-0.05, 0) is 50.9 Å². The number of hydrogen-bond acceptors (Lipinski definition) is 3. The van der Waals surface area contributed by atoms with Crippen LogP contribution in [0.4, 0.5) is 5.69 Å². The van der Waals surface area contributed by atoms with Gasteiger partial charge in [0.2, 0.25) is 0 Å². The summed E-state index contributed by atoms with van der Waals surface area (Å²) in [5.74, 6) is 0.811. The third-order valence-corrected chi connectivity index (χ3v) is 3.05. The Labute approximate surface area is 91.3 Å². The van der Waals surface area contributed by atoms with E-state index in [1.54, 1.807) is 0 Å². The fourth-order valence-electron chi connectivity index (χ4n) is 2.01. The molecule has 1 saturated heterocycles. The highest BCUT2D eigenvalue weighted by molar-refractivity contribution is 5.46. The molecule has 0 aliphatic carbocycles. The van der Waals surface area contributed by atoms with Crippen LogP contribution in [0.25, 0.3) is 0 Å². The highest BCUT2D eigenvalue weighted by Crippen LogP contribution is 2.15. The van der Waals surface area contributed by atoms with Crippen molar-refractivity contribution in [3.8, 4) is 0 Å². The van der Waals surface area contributed by atoms with Crippen LogP contribution in [0.5, 0.6) is 0 Å². The molecule has 1 aromatic rings. The molecule has 3 nitrogen and oxygen atoms in total. The van der Waals surface area contributed by atoms with Crippen LogP contribution in [0.3, 0.4) is 0 Å². The van der Waals surface area contributed by atoms with Crippen LogP contribution >= 0.6 is 0 Å². The molecular formula is C12H19N3. The van der Waals surface area contributed by atoms with Crippen molar-refractivity contribution in [3.05, 3.63) is 24.0 Å². The van der Waals surface area contributed by atoms with Crippen LogP contribution in [-0.4, -0.2) is 24.6 Å². The van der Waals surface area contributed by atoms with E-state index in [2.05, 4.69) is 21.7 Å². The standard InChI is InChI=1S/C12H19N3/c1-10-12(3-2-6-14-10)15-9-11-4-7-13-8-5-11/h2-3,6,11,13,15H,4-5,7-9H2,1H3. The van der Waals surface area contributed by atoms with Gasteiger partial charge in [-0.15, -0.1) is 0 Å². The van der Waals surface area contributed by atoms with Gasteiger partial charge in [0.15, 0.2) is 0 Å². The molecule has 0 radical (unpaired) electrons. The first-order valence-corrected chi connectivity index (χ1v) is 5.72. The molecule has 15 heavy (non-hydrogen) atoms. The Morgan fingerprint density at radius 2 is 2.27 bits per heavy atom. The maximum Gasteiger partial charge on any atom is 0.0603 e. The molecule has 0 amide bonds. The maximum absolute atomic E-state index is 4.27. The predicted molar refractivity (Wildman–Crippen MR) is 63.1 cm³/mol. The van der Waals surface area contributed by atoms with E-state index in [-0.39, 0.29) is 0 Å². The Hall–Kier alpha value is -1.09. The zero-order valence-corrected chi connectivity index (χ0v) is 9.29. The monoisotopic (exact) mass is 205 g/mol. The van der Waals surface area contributed by atoms with Gasteiger partial charge in [-0.1, -0.05) is 0 Å². The lowest BCUT2D eigenvalue weighted by molar-refractivity contribution is 0.390. The minimum atomic E-state index is 0.811. The van der Waals surface area contributed by atoms with E-state index in [0.29, 0.717) is 0 Å². The second-order valence-electron chi connectivity index (χ2n) is 4.21. The number of pyridine rings is 1. The fraction of sp³-hybridized carbons (Fsp3) is 0.583. The number of rotatable bonds is 3. The quantitative estimate of drug-likeness (QED) is 0.790. The van der Waals surface area contributed by atoms with Crippen LogP contribution in [0.15, 0.2) is 18.3 Å². The van der Waals surface area contributed by atoms with Gasteiger partial charge in [0, 0.05) is 12.7 Å². The minimum Gasteiger partial charge on any atom is -0.383 e. The van der Waals surface area contributed by atoms with Crippen molar-refractivity contribution >= 4 is 5.69 Å². The van der Waals surface area contributed by atoms with Gasteiger partial charge in [-0.3, -0.25) is 4.98 Å². The molecular weight excluding hydrogens is 186 g/mol. The first-order valence-electron chi connectivity index (χ1n) is 5.72. The number of aryl methyl sites for hydroxylation is 1. The molecule has 0 bridgehead atoms. The predicted octanol–water partition coefficient (Wildman–Crippen LogP) is 1.80. The van der Waals surface area contributed by atoms with Crippen LogP contribution in [-0.2, 0) is 0 Å². The van der Waals surface area contributed by atoms with E-state index in [1.165, 1.54) is 31.6 Å². The van der Waals surface area contributed by atoms with Gasteiger partial charge in [0.25, 0.3) is 0 Å². The first kappa shape index (κ1) is 10.4. The first-order chi connectivity index (χ1) is 7.36. The number of piperidine rings is 1. The van der Waals surface area contributed by atoms with Gasteiger partial charge in [-0.2, -0.15) is 0 Å². The van der Waals surface area contributed by atoms with E-state index >= 15 is 0 Å². The molecule has 1 fully saturated rings. The molecule has 3 heteroatoms. The third kappa shape index (κ3) is 2.93. The Balaban J connectivity index is 1.84. The number of hydrogen-bond donors (Lipinski definition) is 2. The van der Waals surface area contributed by atoms with Crippen LogP contribution < -0.4 is 10.6 Å². The average Bonchev–Trinajstić information content (AvgIpc) is 2.29. The van der Waals surface area contributed by atoms with E-state index in [9.17, 15) is 0 Å². The minimum absolute atomic E-state index is 0.811. The lowest BCUT2D eigenvalue weighted by Crippen LogP contribution is -2.31. The molecule has 2 rings (SSSR count). The van der Waals surface area contributed by atoms with Gasteiger partial charge < -0.3 is 10.6 Å². The molecule has 0 atom stereocenters. The second kappa shape index (κ2) is 5.12. The highest BCUT2D eigenvalue weighted by atomic mass is 14.9. The number of aromatic nitrogens is 1. The number of nitrogens with one attached hydrogen (secondary N) is 2. The summed E-state index contributed by atoms with van der Waals surface area (Å²) >= 11 is 0. The van der Waals surface area contributed by atoms with Crippen molar-refractivity contribution in [2.75, 3.05) is 25.0 Å². The van der Waals surface area contributed by atoms with Crippen molar-refractivity contribution in [1.29, 1.82) is 0 Å². The lowest BCUT2D eigenvalue weighted by atomic mass is 9.98. The third-order valence-electron chi connectivity index (χ3n) is 3.05. The van der Waals surface area contributed by atoms with Gasteiger partial charge >= 0.3 is 0 Å². The van der Waals surface area contributed by atoms with E-state index in [4.69, 9.17) is 0 Å². The molecule has 2 N–H and O–H groups in total. The Bertz CT molecular complexity index is 305. The average molecular weight is 205 g/mol. The van der Waals surface area contributed by atoms with Crippen LogP contribution in [0.2, 0.25) is 0 Å². The van der Waals surface area contributed by atoms with Crippen molar-refractivity contribution < 1.29 is 0 Å². The summed E-state index contributed by atoms with van der Waals surface area (Å²) in [6.45, 7) is 5.45. The molecule has 1 aliphatic rings. The zero-order chi connectivity index (χ0) is 10.5.